The summed E-state index contributed by atoms with van der Waals surface area (Å²) >= 11 is 6.01. The van der Waals surface area contributed by atoms with Crippen LogP contribution in [0.3, 0.4) is 0 Å². The number of carbonyl (C=O) groups is 1. The Hall–Kier alpha value is -1.91. The standard InChI is InChI=1S/C17H14ClNO2S/c1-12(20)19-15(10-13-9-14(18)7-8-17(13)19)11-22(21)16-5-3-2-4-6-16/h2-10H,11H2,1H3. The Labute approximate surface area is 136 Å². The predicted molar refractivity (Wildman–Crippen MR) is 89.8 cm³/mol. The zero-order chi connectivity index (χ0) is 15.7. The van der Waals surface area contributed by atoms with E-state index in [0.29, 0.717) is 5.02 Å². The van der Waals surface area contributed by atoms with Gasteiger partial charge < -0.3 is 0 Å². The lowest BCUT2D eigenvalue weighted by atomic mass is 10.2. The maximum Gasteiger partial charge on any atom is 0.228 e. The summed E-state index contributed by atoms with van der Waals surface area (Å²) in [5.41, 5.74) is 1.52. The van der Waals surface area contributed by atoms with Crippen LogP contribution >= 0.6 is 11.6 Å². The summed E-state index contributed by atoms with van der Waals surface area (Å²) in [5, 5.41) is 1.49. The summed E-state index contributed by atoms with van der Waals surface area (Å²) in [7, 11) is -1.20. The highest BCUT2D eigenvalue weighted by Crippen LogP contribution is 2.25. The number of hydrogen-bond donors (Lipinski definition) is 0. The van der Waals surface area contributed by atoms with Crippen LogP contribution in [0.1, 0.15) is 17.4 Å². The van der Waals surface area contributed by atoms with Gasteiger partial charge in [-0.1, -0.05) is 29.8 Å². The van der Waals surface area contributed by atoms with E-state index in [2.05, 4.69) is 0 Å². The molecule has 0 saturated carbocycles. The molecular weight excluding hydrogens is 318 g/mol. The van der Waals surface area contributed by atoms with Crippen molar-refractivity contribution in [1.82, 2.24) is 4.57 Å². The second-order valence-corrected chi connectivity index (χ2v) is 6.88. The lowest BCUT2D eigenvalue weighted by Gasteiger charge is -2.07. The van der Waals surface area contributed by atoms with Gasteiger partial charge in [-0.25, -0.2) is 0 Å². The smallest absolute Gasteiger partial charge is 0.228 e. The van der Waals surface area contributed by atoms with Gasteiger partial charge in [0, 0.05) is 27.9 Å². The molecule has 3 aromatic rings. The molecule has 3 rings (SSSR count). The summed E-state index contributed by atoms with van der Waals surface area (Å²) in [4.78, 5) is 12.7. The van der Waals surface area contributed by atoms with Gasteiger partial charge in [0.05, 0.1) is 22.1 Å². The lowest BCUT2D eigenvalue weighted by molar-refractivity contribution is 0.0939. The third-order valence-corrected chi connectivity index (χ3v) is 5.03. The van der Waals surface area contributed by atoms with Gasteiger partial charge in [0.15, 0.2) is 0 Å². The van der Waals surface area contributed by atoms with Crippen molar-refractivity contribution in [2.45, 2.75) is 17.6 Å². The van der Waals surface area contributed by atoms with E-state index in [1.54, 1.807) is 10.6 Å². The molecule has 0 saturated heterocycles. The first-order chi connectivity index (χ1) is 10.6. The minimum atomic E-state index is -1.20. The molecular formula is C17H14ClNO2S. The largest absolute Gasteiger partial charge is 0.284 e. The molecule has 1 atom stereocenters. The van der Waals surface area contributed by atoms with E-state index in [4.69, 9.17) is 11.6 Å². The van der Waals surface area contributed by atoms with Gasteiger partial charge in [0.2, 0.25) is 5.91 Å². The van der Waals surface area contributed by atoms with Gasteiger partial charge in [-0.05, 0) is 36.4 Å². The van der Waals surface area contributed by atoms with Crippen molar-refractivity contribution >= 4 is 39.2 Å². The number of fused-ring (bicyclic) bond motifs is 1. The predicted octanol–water partition coefficient (Wildman–Crippen LogP) is 4.26. The van der Waals surface area contributed by atoms with Crippen LogP contribution in [0.5, 0.6) is 0 Å². The summed E-state index contributed by atoms with van der Waals surface area (Å²) in [6, 6.07) is 16.5. The minimum Gasteiger partial charge on any atom is -0.284 e. The van der Waals surface area contributed by atoms with Crippen molar-refractivity contribution in [1.29, 1.82) is 0 Å². The van der Waals surface area contributed by atoms with E-state index >= 15 is 0 Å². The highest BCUT2D eigenvalue weighted by atomic mass is 35.5. The fourth-order valence-corrected chi connectivity index (χ4v) is 3.80. The molecule has 0 bridgehead atoms. The fourth-order valence-electron chi connectivity index (χ4n) is 2.51. The van der Waals surface area contributed by atoms with Crippen LogP contribution in [-0.2, 0) is 16.6 Å². The highest BCUT2D eigenvalue weighted by molar-refractivity contribution is 7.84. The summed E-state index contributed by atoms with van der Waals surface area (Å²) in [6.07, 6.45) is 0. The lowest BCUT2D eigenvalue weighted by Crippen LogP contribution is -2.11. The number of hydrogen-bond acceptors (Lipinski definition) is 2. The van der Waals surface area contributed by atoms with Crippen molar-refractivity contribution < 1.29 is 9.00 Å². The Balaban J connectivity index is 2.05. The molecule has 1 aromatic heterocycles. The van der Waals surface area contributed by atoms with Crippen molar-refractivity contribution in [3.63, 3.8) is 0 Å². The SMILES string of the molecule is CC(=O)n1c(CS(=O)c2ccccc2)cc2cc(Cl)ccc21. The molecule has 0 amide bonds. The van der Waals surface area contributed by atoms with Crippen molar-refractivity contribution in [2.75, 3.05) is 0 Å². The average Bonchev–Trinajstić information content (AvgIpc) is 2.85. The molecule has 1 heterocycles. The van der Waals surface area contributed by atoms with Gasteiger partial charge in [-0.3, -0.25) is 13.6 Å². The van der Waals surface area contributed by atoms with E-state index in [9.17, 15) is 9.00 Å². The molecule has 0 aliphatic carbocycles. The molecule has 2 aromatic carbocycles. The Morgan fingerprint density at radius 3 is 2.55 bits per heavy atom. The first-order valence-corrected chi connectivity index (χ1v) is 8.50. The number of benzene rings is 2. The normalized spacial score (nSPS) is 12.5. The van der Waals surface area contributed by atoms with E-state index in [1.807, 2.05) is 48.5 Å². The van der Waals surface area contributed by atoms with E-state index < -0.39 is 10.8 Å². The number of carbonyl (C=O) groups excluding carboxylic acids is 1. The fraction of sp³-hybridized carbons (Fsp3) is 0.118. The van der Waals surface area contributed by atoms with Crippen LogP contribution in [0.2, 0.25) is 5.02 Å². The van der Waals surface area contributed by atoms with Crippen molar-refractivity contribution in [2.24, 2.45) is 0 Å². The molecule has 112 valence electrons. The number of halogens is 1. The first-order valence-electron chi connectivity index (χ1n) is 6.80. The van der Waals surface area contributed by atoms with Crippen LogP contribution in [0.15, 0.2) is 59.5 Å². The molecule has 22 heavy (non-hydrogen) atoms. The van der Waals surface area contributed by atoms with E-state index in [1.165, 1.54) is 6.92 Å². The van der Waals surface area contributed by atoms with Gasteiger partial charge in [-0.15, -0.1) is 0 Å². The quantitative estimate of drug-likeness (QED) is 0.719. The molecule has 1 unspecified atom stereocenters. The number of rotatable bonds is 3. The van der Waals surface area contributed by atoms with Crippen molar-refractivity contribution in [3.05, 3.63) is 65.3 Å². The maximum absolute atomic E-state index is 12.5. The Kier molecular flexibility index (Phi) is 4.14. The van der Waals surface area contributed by atoms with Crippen molar-refractivity contribution in [3.8, 4) is 0 Å². The van der Waals surface area contributed by atoms with Crippen LogP contribution in [0.25, 0.3) is 10.9 Å². The molecule has 5 heteroatoms. The second-order valence-electron chi connectivity index (χ2n) is 5.00. The second kappa shape index (κ2) is 6.07. The van der Waals surface area contributed by atoms with Crippen LogP contribution in [0, 0.1) is 0 Å². The molecule has 0 radical (unpaired) electrons. The first kappa shape index (κ1) is 15.0. The maximum atomic E-state index is 12.5. The Morgan fingerprint density at radius 2 is 1.86 bits per heavy atom. The van der Waals surface area contributed by atoms with Gasteiger partial charge in [0.1, 0.15) is 0 Å². The van der Waals surface area contributed by atoms with Gasteiger partial charge in [-0.2, -0.15) is 0 Å². The van der Waals surface area contributed by atoms with Gasteiger partial charge >= 0.3 is 0 Å². The molecule has 0 spiro atoms. The minimum absolute atomic E-state index is 0.0996. The Morgan fingerprint density at radius 1 is 1.14 bits per heavy atom. The van der Waals surface area contributed by atoms with Crippen LogP contribution < -0.4 is 0 Å². The summed E-state index contributed by atoms with van der Waals surface area (Å²) < 4.78 is 14.1. The molecule has 0 fully saturated rings. The molecule has 0 N–H and O–H groups in total. The van der Waals surface area contributed by atoms with Gasteiger partial charge in [0.25, 0.3) is 0 Å². The zero-order valence-electron chi connectivity index (χ0n) is 12.0. The number of nitrogens with zero attached hydrogens (tertiary/aromatic N) is 1. The highest BCUT2D eigenvalue weighted by Gasteiger charge is 2.15. The number of aromatic nitrogens is 1. The van der Waals surface area contributed by atoms with Crippen LogP contribution in [0.4, 0.5) is 0 Å². The Bertz CT molecular complexity index is 871. The zero-order valence-corrected chi connectivity index (χ0v) is 13.5. The van der Waals surface area contributed by atoms with E-state index in [-0.39, 0.29) is 11.7 Å². The molecule has 0 aliphatic rings. The van der Waals surface area contributed by atoms with Crippen LogP contribution in [-0.4, -0.2) is 14.7 Å². The summed E-state index contributed by atoms with van der Waals surface area (Å²) in [6.45, 7) is 1.50. The third kappa shape index (κ3) is 2.85. The summed E-state index contributed by atoms with van der Waals surface area (Å²) in [5.74, 6) is 0.188. The molecule has 0 aliphatic heterocycles. The van der Waals surface area contributed by atoms with E-state index in [0.717, 1.165) is 21.5 Å². The third-order valence-electron chi connectivity index (χ3n) is 3.44. The topological polar surface area (TPSA) is 39.1 Å². The average molecular weight is 332 g/mol. The monoisotopic (exact) mass is 331 g/mol. The molecule has 3 nitrogen and oxygen atoms in total.